The SMILES string of the molecule is Cc1nc(-c2cnn(C)c2COC(=O)N(C)CC23CC(C2)C3)ncc1O[C@H]1CCCC(C(=O)O)C1. The van der Waals surface area contributed by atoms with Crippen LogP contribution >= 0.6 is 0 Å². The van der Waals surface area contributed by atoms with Gasteiger partial charge in [-0.3, -0.25) is 9.48 Å². The fourth-order valence-electron chi connectivity index (χ4n) is 5.84. The molecule has 1 unspecified atom stereocenters. The van der Waals surface area contributed by atoms with E-state index in [1.165, 1.54) is 19.3 Å². The molecule has 0 radical (unpaired) electrons. The molecule has 10 nitrogen and oxygen atoms in total. The number of rotatable bonds is 8. The van der Waals surface area contributed by atoms with Gasteiger partial charge in [-0.1, -0.05) is 0 Å². The van der Waals surface area contributed by atoms with Crippen LogP contribution in [0.3, 0.4) is 0 Å². The second-order valence-electron chi connectivity index (χ2n) is 10.6. The number of amides is 1. The van der Waals surface area contributed by atoms with Gasteiger partial charge in [-0.15, -0.1) is 0 Å². The second-order valence-corrected chi connectivity index (χ2v) is 10.6. The smallest absolute Gasteiger partial charge is 0.409 e. The Labute approximate surface area is 204 Å². The highest BCUT2D eigenvalue weighted by molar-refractivity contribution is 5.70. The first-order valence-corrected chi connectivity index (χ1v) is 12.4. The molecule has 0 aromatic carbocycles. The number of aryl methyl sites for hydroxylation is 2. The summed E-state index contributed by atoms with van der Waals surface area (Å²) >= 11 is 0. The first kappa shape index (κ1) is 23.6. The fraction of sp³-hybridized carbons (Fsp3) is 0.640. The number of carboxylic acid groups (broad SMARTS) is 1. The first-order valence-electron chi connectivity index (χ1n) is 12.4. The van der Waals surface area contributed by atoms with Crippen LogP contribution in [0.1, 0.15) is 56.3 Å². The van der Waals surface area contributed by atoms with E-state index < -0.39 is 5.97 Å². The maximum absolute atomic E-state index is 12.6. The summed E-state index contributed by atoms with van der Waals surface area (Å²) < 4.78 is 13.3. The van der Waals surface area contributed by atoms with Crippen LogP contribution in [-0.2, 0) is 23.2 Å². The van der Waals surface area contributed by atoms with Crippen molar-refractivity contribution in [3.63, 3.8) is 0 Å². The van der Waals surface area contributed by atoms with Crippen LogP contribution in [0.5, 0.6) is 5.75 Å². The van der Waals surface area contributed by atoms with Crippen molar-refractivity contribution in [2.75, 3.05) is 13.6 Å². The van der Waals surface area contributed by atoms with Gasteiger partial charge in [0.25, 0.3) is 0 Å². The van der Waals surface area contributed by atoms with Crippen LogP contribution in [0.2, 0.25) is 0 Å². The zero-order chi connectivity index (χ0) is 24.7. The Bertz CT molecular complexity index is 1110. The Morgan fingerprint density at radius 3 is 2.69 bits per heavy atom. The van der Waals surface area contributed by atoms with Gasteiger partial charge in [0.2, 0.25) is 0 Å². The maximum atomic E-state index is 12.6. The van der Waals surface area contributed by atoms with Gasteiger partial charge in [0.05, 0.1) is 41.4 Å². The van der Waals surface area contributed by atoms with Gasteiger partial charge >= 0.3 is 12.1 Å². The van der Waals surface area contributed by atoms with Gasteiger partial charge in [0, 0.05) is 20.6 Å². The Kier molecular flexibility index (Phi) is 6.14. The van der Waals surface area contributed by atoms with E-state index in [2.05, 4.69) is 15.1 Å². The minimum absolute atomic E-state index is 0.0734. The van der Waals surface area contributed by atoms with E-state index in [4.69, 9.17) is 9.47 Å². The molecule has 2 bridgehead atoms. The zero-order valence-electron chi connectivity index (χ0n) is 20.6. The van der Waals surface area contributed by atoms with Crippen molar-refractivity contribution < 1.29 is 24.2 Å². The Balaban J connectivity index is 1.22. The number of hydrogen-bond donors (Lipinski definition) is 1. The summed E-state index contributed by atoms with van der Waals surface area (Å²) in [5.74, 6) is 0.770. The molecule has 6 rings (SSSR count). The largest absolute Gasteiger partial charge is 0.487 e. The van der Waals surface area contributed by atoms with E-state index in [0.717, 1.165) is 25.3 Å². The first-order chi connectivity index (χ1) is 16.7. The molecule has 188 valence electrons. The van der Waals surface area contributed by atoms with Crippen LogP contribution in [-0.4, -0.2) is 61.5 Å². The number of hydrogen-bond acceptors (Lipinski definition) is 7. The minimum atomic E-state index is -0.767. The lowest BCUT2D eigenvalue weighted by molar-refractivity contribution is -0.143. The molecule has 0 spiro atoms. The average molecular weight is 484 g/mol. The molecule has 1 N–H and O–H groups in total. The van der Waals surface area contributed by atoms with Crippen LogP contribution < -0.4 is 4.74 Å². The van der Waals surface area contributed by atoms with Gasteiger partial charge in [-0.2, -0.15) is 5.10 Å². The second kappa shape index (κ2) is 9.13. The predicted molar refractivity (Wildman–Crippen MR) is 126 cm³/mol. The molecule has 0 saturated heterocycles. The quantitative estimate of drug-likeness (QED) is 0.605. The molecule has 4 fully saturated rings. The lowest BCUT2D eigenvalue weighted by Gasteiger charge is -2.62. The summed E-state index contributed by atoms with van der Waals surface area (Å²) in [6.45, 7) is 2.66. The zero-order valence-corrected chi connectivity index (χ0v) is 20.6. The van der Waals surface area contributed by atoms with E-state index in [1.54, 1.807) is 36.1 Å². The van der Waals surface area contributed by atoms with E-state index in [0.29, 0.717) is 46.8 Å². The van der Waals surface area contributed by atoms with Crippen molar-refractivity contribution in [2.45, 2.75) is 64.6 Å². The van der Waals surface area contributed by atoms with Crippen molar-refractivity contribution in [3.05, 3.63) is 23.8 Å². The summed E-state index contributed by atoms with van der Waals surface area (Å²) in [5, 5.41) is 13.6. The van der Waals surface area contributed by atoms with Gasteiger partial charge in [-0.25, -0.2) is 14.8 Å². The van der Waals surface area contributed by atoms with Gasteiger partial charge in [0.15, 0.2) is 11.6 Å². The third-order valence-corrected chi connectivity index (χ3v) is 7.89. The van der Waals surface area contributed by atoms with E-state index in [9.17, 15) is 14.7 Å². The van der Waals surface area contributed by atoms with Crippen molar-refractivity contribution >= 4 is 12.1 Å². The summed E-state index contributed by atoms with van der Waals surface area (Å²) in [5.41, 5.74) is 2.40. The molecular weight excluding hydrogens is 450 g/mol. The average Bonchev–Trinajstić information content (AvgIpc) is 3.15. The molecule has 35 heavy (non-hydrogen) atoms. The van der Waals surface area contributed by atoms with E-state index in [1.807, 2.05) is 6.92 Å². The van der Waals surface area contributed by atoms with Crippen molar-refractivity contribution in [1.29, 1.82) is 0 Å². The molecule has 2 atom stereocenters. The normalized spacial score (nSPS) is 26.9. The number of aromatic nitrogens is 4. The summed E-state index contributed by atoms with van der Waals surface area (Å²) in [7, 11) is 3.59. The highest BCUT2D eigenvalue weighted by atomic mass is 16.6. The number of carboxylic acids is 1. The predicted octanol–water partition coefficient (Wildman–Crippen LogP) is 3.58. The molecule has 2 aromatic heterocycles. The molecule has 2 aromatic rings. The number of nitrogens with zero attached hydrogens (tertiary/aromatic N) is 5. The molecular formula is C25H33N5O5. The molecule has 4 saturated carbocycles. The van der Waals surface area contributed by atoms with Crippen LogP contribution in [0.15, 0.2) is 12.4 Å². The highest BCUT2D eigenvalue weighted by Gasteiger charge is 2.57. The van der Waals surface area contributed by atoms with E-state index >= 15 is 0 Å². The molecule has 0 aliphatic heterocycles. The number of aliphatic carboxylic acids is 1. The Morgan fingerprint density at radius 1 is 1.26 bits per heavy atom. The van der Waals surface area contributed by atoms with Gasteiger partial charge < -0.3 is 19.5 Å². The Hall–Kier alpha value is -3.17. The molecule has 4 aliphatic carbocycles. The number of carbonyl (C=O) groups excluding carboxylic acids is 1. The van der Waals surface area contributed by atoms with Gasteiger partial charge in [-0.05, 0) is 63.2 Å². The minimum Gasteiger partial charge on any atom is -0.487 e. The van der Waals surface area contributed by atoms with Crippen LogP contribution in [0, 0.1) is 24.2 Å². The van der Waals surface area contributed by atoms with Gasteiger partial charge in [0.1, 0.15) is 6.61 Å². The lowest BCUT2D eigenvalue weighted by Crippen LogP contribution is -2.57. The summed E-state index contributed by atoms with van der Waals surface area (Å²) in [6.07, 6.45) is 9.32. The molecule has 1 amide bonds. The maximum Gasteiger partial charge on any atom is 0.409 e. The van der Waals surface area contributed by atoms with E-state index in [-0.39, 0.29) is 24.7 Å². The summed E-state index contributed by atoms with van der Waals surface area (Å²) in [6, 6.07) is 0. The van der Waals surface area contributed by atoms with Crippen LogP contribution in [0.25, 0.3) is 11.4 Å². The third-order valence-electron chi connectivity index (χ3n) is 7.89. The molecule has 2 heterocycles. The third kappa shape index (κ3) is 4.70. The highest BCUT2D eigenvalue weighted by Crippen LogP contribution is 2.64. The standard InChI is InChI=1S/C25H33N5O5/c1-15-21(35-18-6-4-5-17(7-18)23(31)32)12-26-22(28-15)19-11-27-30(3)20(19)13-34-24(33)29(2)14-25-8-16(9-25)10-25/h11-12,16-18H,4-10,13-14H2,1-3H3,(H,31,32)/t16?,17?,18-,25?/m0/s1. The van der Waals surface area contributed by atoms with Crippen LogP contribution in [0.4, 0.5) is 4.79 Å². The molecule has 4 aliphatic rings. The summed E-state index contributed by atoms with van der Waals surface area (Å²) in [4.78, 5) is 34.7. The number of carbonyl (C=O) groups is 2. The van der Waals surface area contributed by atoms with Crippen molar-refractivity contribution in [3.8, 4) is 17.1 Å². The van der Waals surface area contributed by atoms with Crippen molar-refractivity contribution in [2.24, 2.45) is 24.3 Å². The monoisotopic (exact) mass is 483 g/mol. The fourth-order valence-corrected chi connectivity index (χ4v) is 5.84. The lowest BCUT2D eigenvalue weighted by atomic mass is 9.44. The number of ether oxygens (including phenoxy) is 2. The Morgan fingerprint density at radius 2 is 2.03 bits per heavy atom. The van der Waals surface area contributed by atoms with Crippen molar-refractivity contribution in [1.82, 2.24) is 24.6 Å². The topological polar surface area (TPSA) is 120 Å². The molecule has 10 heteroatoms.